The number of aliphatic imine (C=N–C) groups is 1. The number of benzene rings is 2. The minimum Gasteiger partial charge on any atom is -0.379 e. The summed E-state index contributed by atoms with van der Waals surface area (Å²) < 4.78 is 5.46. The Balaban J connectivity index is 0.00000300. The molecule has 0 aliphatic carbocycles. The third kappa shape index (κ3) is 8.54. The molecule has 5 nitrogen and oxygen atoms in total. The highest BCUT2D eigenvalue weighted by Crippen LogP contribution is 2.16. The van der Waals surface area contributed by atoms with Gasteiger partial charge >= 0.3 is 0 Å². The lowest BCUT2D eigenvalue weighted by Gasteiger charge is -2.27. The van der Waals surface area contributed by atoms with Crippen LogP contribution in [0.3, 0.4) is 0 Å². The summed E-state index contributed by atoms with van der Waals surface area (Å²) in [6, 6.07) is 19.1. The first-order chi connectivity index (χ1) is 13.8. The van der Waals surface area contributed by atoms with Crippen molar-refractivity contribution in [3.63, 3.8) is 0 Å². The van der Waals surface area contributed by atoms with Crippen LogP contribution in [0.1, 0.15) is 11.1 Å². The average molecular weight is 526 g/mol. The van der Waals surface area contributed by atoms with Gasteiger partial charge in [0.15, 0.2) is 5.96 Å². The smallest absolute Gasteiger partial charge is 0.191 e. The first kappa shape index (κ1) is 24.0. The summed E-state index contributed by atoms with van der Waals surface area (Å²) in [5.41, 5.74) is 2.68. The highest BCUT2D eigenvalue weighted by Gasteiger charge is 2.12. The predicted molar refractivity (Wildman–Crippen MR) is 133 cm³/mol. The van der Waals surface area contributed by atoms with Gasteiger partial charge < -0.3 is 15.4 Å². The lowest BCUT2D eigenvalue weighted by molar-refractivity contribution is 0.0341. The van der Waals surface area contributed by atoms with Crippen LogP contribution >= 0.6 is 35.7 Å². The van der Waals surface area contributed by atoms with Gasteiger partial charge in [0.1, 0.15) is 0 Å². The minimum absolute atomic E-state index is 0. The van der Waals surface area contributed by atoms with Crippen molar-refractivity contribution in [3.05, 3.63) is 65.7 Å². The monoisotopic (exact) mass is 526 g/mol. The van der Waals surface area contributed by atoms with E-state index in [0.29, 0.717) is 0 Å². The zero-order valence-corrected chi connectivity index (χ0v) is 20.1. The molecule has 1 saturated heterocycles. The van der Waals surface area contributed by atoms with Gasteiger partial charge in [0, 0.05) is 50.4 Å². The summed E-state index contributed by atoms with van der Waals surface area (Å²) in [4.78, 5) is 8.10. The maximum Gasteiger partial charge on any atom is 0.191 e. The van der Waals surface area contributed by atoms with Crippen LogP contribution in [0.2, 0.25) is 0 Å². The van der Waals surface area contributed by atoms with Gasteiger partial charge in [-0.2, -0.15) is 0 Å². The number of morpholine rings is 1. The fourth-order valence-electron chi connectivity index (χ4n) is 3.14. The fourth-order valence-corrected chi connectivity index (χ4v) is 3.93. The van der Waals surface area contributed by atoms with Crippen LogP contribution in [-0.4, -0.2) is 56.5 Å². The quantitative estimate of drug-likeness (QED) is 0.181. The van der Waals surface area contributed by atoms with Gasteiger partial charge in [-0.15, -0.1) is 35.7 Å². The van der Waals surface area contributed by atoms with Gasteiger partial charge in [0.05, 0.1) is 13.2 Å². The normalized spacial score (nSPS) is 14.9. The lowest BCUT2D eigenvalue weighted by Crippen LogP contribution is -2.38. The van der Waals surface area contributed by atoms with Crippen LogP contribution in [0.5, 0.6) is 0 Å². The number of nitrogens with zero attached hydrogens (tertiary/aromatic N) is 2. The van der Waals surface area contributed by atoms with Crippen LogP contribution in [0.15, 0.2) is 64.5 Å². The standard InChI is InChI=1S/C22H30N4OS.HI/c1-23-22(24-11-16-28-21-9-3-2-4-10-21)25-17-19-7-5-6-8-20(19)18-26-12-14-27-15-13-26;/h2-10H,11-18H2,1H3,(H2,23,24,25);1H. The van der Waals surface area contributed by atoms with Crippen LogP contribution in [0.25, 0.3) is 0 Å². The number of rotatable bonds is 8. The molecule has 1 fully saturated rings. The topological polar surface area (TPSA) is 48.9 Å². The van der Waals surface area contributed by atoms with E-state index in [1.165, 1.54) is 16.0 Å². The van der Waals surface area contributed by atoms with Gasteiger partial charge in [-0.05, 0) is 23.3 Å². The van der Waals surface area contributed by atoms with Crippen molar-refractivity contribution >= 4 is 41.7 Å². The second-order valence-corrected chi connectivity index (χ2v) is 7.84. The molecule has 0 amide bonds. The first-order valence-corrected chi connectivity index (χ1v) is 10.8. The second kappa shape index (κ2) is 13.8. The van der Waals surface area contributed by atoms with Gasteiger partial charge in [0.2, 0.25) is 0 Å². The molecule has 7 heteroatoms. The lowest BCUT2D eigenvalue weighted by atomic mass is 10.1. The second-order valence-electron chi connectivity index (χ2n) is 6.67. The molecule has 2 N–H and O–H groups in total. The van der Waals surface area contributed by atoms with Crippen LogP contribution in [0.4, 0.5) is 0 Å². The van der Waals surface area contributed by atoms with Crippen molar-refractivity contribution in [1.29, 1.82) is 0 Å². The summed E-state index contributed by atoms with van der Waals surface area (Å²) in [6.07, 6.45) is 0. The van der Waals surface area contributed by atoms with Crippen molar-refractivity contribution in [1.82, 2.24) is 15.5 Å². The number of thioether (sulfide) groups is 1. The molecule has 0 spiro atoms. The Hall–Kier alpha value is -1.29. The third-order valence-corrected chi connectivity index (χ3v) is 5.71. The largest absolute Gasteiger partial charge is 0.379 e. The molecule has 0 bridgehead atoms. The molecule has 0 atom stereocenters. The summed E-state index contributed by atoms with van der Waals surface area (Å²) in [7, 11) is 1.82. The zero-order chi connectivity index (χ0) is 19.4. The molecule has 2 aromatic rings. The van der Waals surface area contributed by atoms with Crippen LogP contribution in [-0.2, 0) is 17.8 Å². The Kier molecular flexibility index (Phi) is 11.5. The Bertz CT molecular complexity index is 739. The summed E-state index contributed by atoms with van der Waals surface area (Å²) in [5, 5.41) is 6.85. The Morgan fingerprint density at radius 3 is 2.41 bits per heavy atom. The van der Waals surface area contributed by atoms with E-state index in [2.05, 4.69) is 69.1 Å². The SMILES string of the molecule is CN=C(NCCSc1ccccc1)NCc1ccccc1CN1CCOCC1.I. The number of hydrogen-bond donors (Lipinski definition) is 2. The average Bonchev–Trinajstić information content (AvgIpc) is 2.76. The number of ether oxygens (including phenoxy) is 1. The summed E-state index contributed by atoms with van der Waals surface area (Å²) in [6.45, 7) is 6.28. The summed E-state index contributed by atoms with van der Waals surface area (Å²) >= 11 is 1.85. The van der Waals surface area contributed by atoms with Gasteiger partial charge in [-0.25, -0.2) is 0 Å². The Morgan fingerprint density at radius 2 is 1.69 bits per heavy atom. The molecule has 3 rings (SSSR count). The van der Waals surface area contributed by atoms with Crippen molar-refractivity contribution in [3.8, 4) is 0 Å². The number of guanidine groups is 1. The van der Waals surface area contributed by atoms with Gasteiger partial charge in [-0.1, -0.05) is 42.5 Å². The Morgan fingerprint density at radius 1 is 1.00 bits per heavy atom. The summed E-state index contributed by atoms with van der Waals surface area (Å²) in [5.74, 6) is 1.84. The van der Waals surface area contributed by atoms with Crippen molar-refractivity contribution in [2.45, 2.75) is 18.0 Å². The maximum absolute atomic E-state index is 5.46. The zero-order valence-electron chi connectivity index (χ0n) is 17.0. The van der Waals surface area contributed by atoms with Crippen LogP contribution in [0, 0.1) is 0 Å². The van der Waals surface area contributed by atoms with E-state index < -0.39 is 0 Å². The number of hydrogen-bond acceptors (Lipinski definition) is 4. The molecule has 29 heavy (non-hydrogen) atoms. The third-order valence-electron chi connectivity index (χ3n) is 4.69. The molecular formula is C22H31IN4OS. The predicted octanol–water partition coefficient (Wildman–Crippen LogP) is 3.59. The van der Waals surface area contributed by atoms with Crippen molar-refractivity contribution < 1.29 is 4.74 Å². The van der Waals surface area contributed by atoms with Crippen molar-refractivity contribution in [2.24, 2.45) is 4.99 Å². The molecule has 0 aromatic heterocycles. The Labute approximate surface area is 195 Å². The van der Waals surface area contributed by atoms with Gasteiger partial charge in [0.25, 0.3) is 0 Å². The molecule has 1 aliphatic rings. The van der Waals surface area contributed by atoms with E-state index in [1.807, 2.05) is 24.9 Å². The van der Waals surface area contributed by atoms with E-state index in [1.54, 1.807) is 0 Å². The maximum atomic E-state index is 5.46. The van der Waals surface area contributed by atoms with E-state index in [4.69, 9.17) is 4.74 Å². The highest BCUT2D eigenvalue weighted by molar-refractivity contribution is 14.0. The van der Waals surface area contributed by atoms with E-state index in [-0.39, 0.29) is 24.0 Å². The molecule has 0 radical (unpaired) electrons. The number of nitrogens with one attached hydrogen (secondary N) is 2. The fraction of sp³-hybridized carbons (Fsp3) is 0.409. The molecule has 1 heterocycles. The van der Waals surface area contributed by atoms with E-state index in [0.717, 1.165) is 57.6 Å². The van der Waals surface area contributed by atoms with Gasteiger partial charge in [-0.3, -0.25) is 9.89 Å². The molecule has 158 valence electrons. The molecule has 0 unspecified atom stereocenters. The van der Waals surface area contributed by atoms with E-state index >= 15 is 0 Å². The first-order valence-electron chi connectivity index (χ1n) is 9.84. The molecule has 0 saturated carbocycles. The molecule has 1 aliphatic heterocycles. The molecule has 2 aromatic carbocycles. The minimum atomic E-state index is 0. The highest BCUT2D eigenvalue weighted by atomic mass is 127. The number of halogens is 1. The van der Waals surface area contributed by atoms with Crippen molar-refractivity contribution in [2.75, 3.05) is 45.6 Å². The molecular weight excluding hydrogens is 495 g/mol. The van der Waals surface area contributed by atoms with E-state index in [9.17, 15) is 0 Å². The van der Waals surface area contributed by atoms with Crippen LogP contribution < -0.4 is 10.6 Å².